The van der Waals surface area contributed by atoms with E-state index in [0.717, 1.165) is 17.0 Å². The Morgan fingerprint density at radius 3 is 2.84 bits per heavy atom. The number of hydrogen-bond donors (Lipinski definition) is 1. The molecule has 0 radical (unpaired) electrons. The molecule has 19 heavy (non-hydrogen) atoms. The first kappa shape index (κ1) is 12.0. The highest BCUT2D eigenvalue weighted by Crippen LogP contribution is 2.40. The summed E-state index contributed by atoms with van der Waals surface area (Å²) in [7, 11) is 0. The van der Waals surface area contributed by atoms with Crippen molar-refractivity contribution in [3.63, 3.8) is 0 Å². The molecular weight excluding hydrogens is 238 g/mol. The van der Waals surface area contributed by atoms with E-state index in [4.69, 9.17) is 10.5 Å². The lowest BCUT2D eigenvalue weighted by Crippen LogP contribution is -2.00. The quantitative estimate of drug-likeness (QED) is 0.912. The van der Waals surface area contributed by atoms with Gasteiger partial charge in [0.1, 0.15) is 11.6 Å². The van der Waals surface area contributed by atoms with Gasteiger partial charge in [0.2, 0.25) is 0 Å². The predicted octanol–water partition coefficient (Wildman–Crippen LogP) is 3.00. The summed E-state index contributed by atoms with van der Waals surface area (Å²) in [6, 6.07) is 9.70. The van der Waals surface area contributed by atoms with Crippen molar-refractivity contribution in [1.82, 2.24) is 9.97 Å². The lowest BCUT2D eigenvalue weighted by atomic mass is 10.2. The van der Waals surface area contributed by atoms with Gasteiger partial charge in [-0.25, -0.2) is 9.97 Å². The summed E-state index contributed by atoms with van der Waals surface area (Å²) in [6.45, 7) is 2.61. The minimum absolute atomic E-state index is 0.536. The van der Waals surface area contributed by atoms with Crippen molar-refractivity contribution in [2.24, 2.45) is 0 Å². The van der Waals surface area contributed by atoms with E-state index in [0.29, 0.717) is 24.2 Å². The summed E-state index contributed by atoms with van der Waals surface area (Å²) in [5, 5.41) is 0. The van der Waals surface area contributed by atoms with Gasteiger partial charge in [0, 0.05) is 23.2 Å². The zero-order chi connectivity index (χ0) is 13.2. The molecule has 0 aliphatic heterocycles. The number of anilines is 1. The maximum Gasteiger partial charge on any atom is 0.161 e. The van der Waals surface area contributed by atoms with Crippen molar-refractivity contribution in [2.45, 2.75) is 25.7 Å². The van der Waals surface area contributed by atoms with Crippen LogP contribution in [0, 0.1) is 0 Å². The zero-order valence-electron chi connectivity index (χ0n) is 11.0. The molecule has 3 rings (SSSR count). The van der Waals surface area contributed by atoms with Crippen molar-refractivity contribution >= 4 is 5.82 Å². The van der Waals surface area contributed by atoms with Crippen LogP contribution in [0.2, 0.25) is 0 Å². The first-order valence-electron chi connectivity index (χ1n) is 6.64. The van der Waals surface area contributed by atoms with Crippen LogP contribution in [0.15, 0.2) is 30.3 Å². The molecule has 1 aromatic carbocycles. The predicted molar refractivity (Wildman–Crippen MR) is 75.0 cm³/mol. The smallest absolute Gasteiger partial charge is 0.161 e. The molecule has 2 N–H and O–H groups in total. The lowest BCUT2D eigenvalue weighted by molar-refractivity contribution is 0.340. The van der Waals surface area contributed by atoms with Gasteiger partial charge in [-0.2, -0.15) is 0 Å². The molecule has 0 unspecified atom stereocenters. The van der Waals surface area contributed by atoms with Gasteiger partial charge in [-0.3, -0.25) is 0 Å². The highest BCUT2D eigenvalue weighted by molar-refractivity contribution is 5.59. The Labute approximate surface area is 112 Å². The number of benzene rings is 1. The van der Waals surface area contributed by atoms with Crippen molar-refractivity contribution in [1.29, 1.82) is 0 Å². The number of nitrogens with two attached hydrogens (primary N) is 1. The van der Waals surface area contributed by atoms with Crippen LogP contribution in [0.3, 0.4) is 0 Å². The highest BCUT2D eigenvalue weighted by Gasteiger charge is 2.26. The number of nitrogen functional groups attached to an aromatic ring is 1. The van der Waals surface area contributed by atoms with Crippen LogP contribution in [0.1, 0.15) is 31.4 Å². The van der Waals surface area contributed by atoms with Crippen LogP contribution in [0.5, 0.6) is 5.75 Å². The van der Waals surface area contributed by atoms with E-state index in [2.05, 4.69) is 9.97 Å². The van der Waals surface area contributed by atoms with E-state index in [1.165, 1.54) is 12.8 Å². The standard InChI is InChI=1S/C15H17N3O/c1-2-19-12-5-3-4-11(8-12)15-17-13(10-6-7-10)9-14(16)18-15/h3-5,8-10H,2,6-7H2,1H3,(H2,16,17,18). The third kappa shape index (κ3) is 2.67. The second-order valence-corrected chi connectivity index (χ2v) is 4.78. The first-order chi connectivity index (χ1) is 9.26. The molecule has 4 heteroatoms. The maximum absolute atomic E-state index is 5.88. The summed E-state index contributed by atoms with van der Waals surface area (Å²) in [6.07, 6.45) is 2.41. The average molecular weight is 255 g/mol. The fourth-order valence-corrected chi connectivity index (χ4v) is 2.09. The zero-order valence-corrected chi connectivity index (χ0v) is 11.0. The molecule has 1 fully saturated rings. The Morgan fingerprint density at radius 2 is 2.11 bits per heavy atom. The van der Waals surface area contributed by atoms with Crippen LogP contribution in [-0.4, -0.2) is 16.6 Å². The normalized spacial score (nSPS) is 14.4. The Balaban J connectivity index is 1.98. The molecule has 1 heterocycles. The van der Waals surface area contributed by atoms with Gasteiger partial charge < -0.3 is 10.5 Å². The molecule has 0 saturated heterocycles. The molecule has 1 aromatic heterocycles. The fourth-order valence-electron chi connectivity index (χ4n) is 2.09. The largest absolute Gasteiger partial charge is 0.494 e. The van der Waals surface area contributed by atoms with Gasteiger partial charge in [0.15, 0.2) is 5.82 Å². The Morgan fingerprint density at radius 1 is 1.26 bits per heavy atom. The summed E-state index contributed by atoms with van der Waals surface area (Å²) >= 11 is 0. The van der Waals surface area contributed by atoms with Gasteiger partial charge in [0.05, 0.1) is 6.61 Å². The van der Waals surface area contributed by atoms with Crippen molar-refractivity contribution in [3.8, 4) is 17.1 Å². The van der Waals surface area contributed by atoms with Crippen LogP contribution < -0.4 is 10.5 Å². The molecule has 1 aliphatic rings. The highest BCUT2D eigenvalue weighted by atomic mass is 16.5. The summed E-state index contributed by atoms with van der Waals surface area (Å²) in [5.41, 5.74) is 7.88. The average Bonchev–Trinajstić information content (AvgIpc) is 3.23. The molecule has 0 amide bonds. The van der Waals surface area contributed by atoms with Gasteiger partial charge in [-0.05, 0) is 31.9 Å². The van der Waals surface area contributed by atoms with Crippen LogP contribution >= 0.6 is 0 Å². The fraction of sp³-hybridized carbons (Fsp3) is 0.333. The number of hydrogen-bond acceptors (Lipinski definition) is 4. The molecule has 1 saturated carbocycles. The minimum atomic E-state index is 0.536. The van der Waals surface area contributed by atoms with Gasteiger partial charge >= 0.3 is 0 Å². The SMILES string of the molecule is CCOc1cccc(-c2nc(N)cc(C3CC3)n2)c1. The molecule has 4 nitrogen and oxygen atoms in total. The second-order valence-electron chi connectivity index (χ2n) is 4.78. The molecule has 98 valence electrons. The van der Waals surface area contributed by atoms with Crippen molar-refractivity contribution < 1.29 is 4.74 Å². The topological polar surface area (TPSA) is 61.0 Å². The Hall–Kier alpha value is -2.10. The summed E-state index contributed by atoms with van der Waals surface area (Å²) in [4.78, 5) is 8.95. The monoisotopic (exact) mass is 255 g/mol. The number of aromatic nitrogens is 2. The van der Waals surface area contributed by atoms with Crippen molar-refractivity contribution in [2.75, 3.05) is 12.3 Å². The number of rotatable bonds is 4. The van der Waals surface area contributed by atoms with E-state index < -0.39 is 0 Å². The van der Waals surface area contributed by atoms with E-state index in [9.17, 15) is 0 Å². The van der Waals surface area contributed by atoms with Crippen LogP contribution in [0.25, 0.3) is 11.4 Å². The van der Waals surface area contributed by atoms with Crippen molar-refractivity contribution in [3.05, 3.63) is 36.0 Å². The Kier molecular flexibility index (Phi) is 3.07. The molecule has 0 spiro atoms. The molecule has 0 atom stereocenters. The number of nitrogens with zero attached hydrogens (tertiary/aromatic N) is 2. The number of ether oxygens (including phenoxy) is 1. The maximum atomic E-state index is 5.88. The molecule has 0 bridgehead atoms. The second kappa shape index (κ2) is 4.88. The molecule has 1 aliphatic carbocycles. The summed E-state index contributed by atoms with van der Waals surface area (Å²) < 4.78 is 5.50. The van der Waals surface area contributed by atoms with Gasteiger partial charge in [-0.1, -0.05) is 12.1 Å². The van der Waals surface area contributed by atoms with E-state index in [-0.39, 0.29) is 0 Å². The lowest BCUT2D eigenvalue weighted by Gasteiger charge is -2.07. The van der Waals surface area contributed by atoms with E-state index in [1.807, 2.05) is 37.3 Å². The summed E-state index contributed by atoms with van der Waals surface area (Å²) in [5.74, 6) is 2.62. The van der Waals surface area contributed by atoms with Gasteiger partial charge in [0.25, 0.3) is 0 Å². The minimum Gasteiger partial charge on any atom is -0.494 e. The molecule has 2 aromatic rings. The van der Waals surface area contributed by atoms with Crippen LogP contribution in [0.4, 0.5) is 5.82 Å². The molecular formula is C15H17N3O. The van der Waals surface area contributed by atoms with Crippen LogP contribution in [-0.2, 0) is 0 Å². The first-order valence-corrected chi connectivity index (χ1v) is 6.64. The third-order valence-corrected chi connectivity index (χ3v) is 3.16. The van der Waals surface area contributed by atoms with Gasteiger partial charge in [-0.15, -0.1) is 0 Å². The van der Waals surface area contributed by atoms with E-state index in [1.54, 1.807) is 0 Å². The Bertz CT molecular complexity index is 594. The third-order valence-electron chi connectivity index (χ3n) is 3.16. The van der Waals surface area contributed by atoms with E-state index >= 15 is 0 Å².